The van der Waals surface area contributed by atoms with E-state index in [4.69, 9.17) is 5.73 Å². The molecule has 0 aromatic heterocycles. The van der Waals surface area contributed by atoms with E-state index < -0.39 is 0 Å². The Balaban J connectivity index is 3.32. The number of rotatable bonds is 2. The van der Waals surface area contributed by atoms with E-state index in [2.05, 4.69) is 0 Å². The van der Waals surface area contributed by atoms with Crippen molar-refractivity contribution in [2.24, 2.45) is 5.73 Å². The predicted molar refractivity (Wildman–Crippen MR) is 57.2 cm³/mol. The number of phenols is 1. The first-order chi connectivity index (χ1) is 6.07. The predicted octanol–water partition coefficient (Wildman–Crippen LogP) is 2.44. The first kappa shape index (κ1) is 10.4. The van der Waals surface area contributed by atoms with Crippen molar-refractivity contribution in [3.05, 3.63) is 23.3 Å². The number of aryl methyl sites for hydroxylation is 1. The zero-order chi connectivity index (χ0) is 10.0. The van der Waals surface area contributed by atoms with E-state index in [1.165, 1.54) is 0 Å². The van der Waals surface area contributed by atoms with E-state index in [-0.39, 0.29) is 6.04 Å². The summed E-state index contributed by atoms with van der Waals surface area (Å²) >= 11 is 1.61. The fraction of sp³-hybridized carbons (Fsp3) is 0.400. The van der Waals surface area contributed by atoms with Crippen LogP contribution in [0.3, 0.4) is 0 Å². The molecule has 2 nitrogen and oxygen atoms in total. The van der Waals surface area contributed by atoms with Crippen LogP contribution in [0, 0.1) is 6.92 Å². The summed E-state index contributed by atoms with van der Waals surface area (Å²) in [5.74, 6) is 0.335. The van der Waals surface area contributed by atoms with Crippen molar-refractivity contribution in [2.75, 3.05) is 6.26 Å². The summed E-state index contributed by atoms with van der Waals surface area (Å²) in [4.78, 5) is 1.05. The van der Waals surface area contributed by atoms with Crippen LogP contribution in [0.1, 0.15) is 24.1 Å². The highest BCUT2D eigenvalue weighted by Crippen LogP contribution is 2.34. The van der Waals surface area contributed by atoms with Gasteiger partial charge in [0.25, 0.3) is 0 Å². The van der Waals surface area contributed by atoms with Crippen LogP contribution in [-0.2, 0) is 0 Å². The van der Waals surface area contributed by atoms with Crippen molar-refractivity contribution in [3.8, 4) is 5.75 Å². The maximum absolute atomic E-state index is 9.79. The van der Waals surface area contributed by atoms with Crippen LogP contribution < -0.4 is 5.73 Å². The molecule has 13 heavy (non-hydrogen) atoms. The SMILES string of the molecule is CSc1ccc(C)c(O)c1C(C)N. The van der Waals surface area contributed by atoms with Crippen molar-refractivity contribution < 1.29 is 5.11 Å². The van der Waals surface area contributed by atoms with Crippen molar-refractivity contribution in [1.82, 2.24) is 0 Å². The summed E-state index contributed by atoms with van der Waals surface area (Å²) in [7, 11) is 0. The third-order valence-electron chi connectivity index (χ3n) is 2.05. The first-order valence-corrected chi connectivity index (χ1v) is 5.42. The Morgan fingerprint density at radius 3 is 2.54 bits per heavy atom. The smallest absolute Gasteiger partial charge is 0.124 e. The van der Waals surface area contributed by atoms with Gasteiger partial charge in [-0.2, -0.15) is 0 Å². The second-order valence-corrected chi connectivity index (χ2v) is 3.98. The zero-order valence-electron chi connectivity index (χ0n) is 8.16. The lowest BCUT2D eigenvalue weighted by molar-refractivity contribution is 0.456. The number of thioether (sulfide) groups is 1. The Morgan fingerprint density at radius 2 is 2.08 bits per heavy atom. The molecule has 1 rings (SSSR count). The van der Waals surface area contributed by atoms with Crippen molar-refractivity contribution in [3.63, 3.8) is 0 Å². The minimum Gasteiger partial charge on any atom is -0.507 e. The molecule has 1 aromatic carbocycles. The molecule has 0 spiro atoms. The topological polar surface area (TPSA) is 46.2 Å². The molecule has 3 heteroatoms. The molecule has 0 radical (unpaired) electrons. The highest BCUT2D eigenvalue weighted by atomic mass is 32.2. The summed E-state index contributed by atoms with van der Waals surface area (Å²) in [6.07, 6.45) is 1.98. The van der Waals surface area contributed by atoms with E-state index in [9.17, 15) is 5.11 Å². The lowest BCUT2D eigenvalue weighted by Crippen LogP contribution is -2.07. The standard InChI is InChI=1S/C10H15NOS/c1-6-4-5-8(13-3)9(7(2)11)10(6)12/h4-5,7,12H,11H2,1-3H3. The Bertz CT molecular complexity index is 310. The van der Waals surface area contributed by atoms with Gasteiger partial charge in [0.1, 0.15) is 5.75 Å². The molecule has 0 fully saturated rings. The molecule has 0 saturated carbocycles. The Hall–Kier alpha value is -0.670. The van der Waals surface area contributed by atoms with Gasteiger partial charge in [-0.1, -0.05) is 6.07 Å². The summed E-state index contributed by atoms with van der Waals surface area (Å²) < 4.78 is 0. The average Bonchev–Trinajstić information content (AvgIpc) is 2.08. The van der Waals surface area contributed by atoms with Crippen LogP contribution in [0.2, 0.25) is 0 Å². The Kier molecular flexibility index (Phi) is 3.22. The zero-order valence-corrected chi connectivity index (χ0v) is 8.98. The summed E-state index contributed by atoms with van der Waals surface area (Å²) in [5, 5.41) is 9.79. The summed E-state index contributed by atoms with van der Waals surface area (Å²) in [6, 6.07) is 3.79. The quantitative estimate of drug-likeness (QED) is 0.716. The molecule has 1 unspecified atom stereocenters. The van der Waals surface area contributed by atoms with Gasteiger partial charge >= 0.3 is 0 Å². The lowest BCUT2D eigenvalue weighted by Gasteiger charge is -2.14. The third kappa shape index (κ3) is 1.98. The number of benzene rings is 1. The number of phenolic OH excluding ortho intramolecular Hbond substituents is 1. The largest absolute Gasteiger partial charge is 0.507 e. The van der Waals surface area contributed by atoms with Crippen LogP contribution in [0.5, 0.6) is 5.75 Å². The monoisotopic (exact) mass is 197 g/mol. The molecule has 72 valence electrons. The second kappa shape index (κ2) is 4.03. The molecule has 3 N–H and O–H groups in total. The fourth-order valence-corrected chi connectivity index (χ4v) is 2.02. The van der Waals surface area contributed by atoms with Gasteiger partial charge in [0.05, 0.1) is 0 Å². The molecule has 1 aromatic rings. The molecule has 0 aliphatic rings. The average molecular weight is 197 g/mol. The van der Waals surface area contributed by atoms with Gasteiger partial charge in [-0.25, -0.2) is 0 Å². The van der Waals surface area contributed by atoms with Gasteiger partial charge in [-0.3, -0.25) is 0 Å². The van der Waals surface area contributed by atoms with Gasteiger partial charge in [-0.15, -0.1) is 11.8 Å². The van der Waals surface area contributed by atoms with Crippen molar-refractivity contribution in [2.45, 2.75) is 24.8 Å². The second-order valence-electron chi connectivity index (χ2n) is 3.14. The molecular formula is C10H15NOS. The molecular weight excluding hydrogens is 182 g/mol. The highest BCUT2D eigenvalue weighted by Gasteiger charge is 2.13. The molecule has 0 heterocycles. The maximum Gasteiger partial charge on any atom is 0.124 e. The van der Waals surface area contributed by atoms with E-state index in [1.54, 1.807) is 11.8 Å². The number of aromatic hydroxyl groups is 1. The molecule has 0 bridgehead atoms. The maximum atomic E-state index is 9.79. The summed E-state index contributed by atoms with van der Waals surface area (Å²) in [6.45, 7) is 3.76. The minimum absolute atomic E-state index is 0.123. The third-order valence-corrected chi connectivity index (χ3v) is 2.85. The van der Waals surface area contributed by atoms with Crippen molar-refractivity contribution >= 4 is 11.8 Å². The van der Waals surface area contributed by atoms with E-state index in [1.807, 2.05) is 32.2 Å². The molecule has 0 aliphatic carbocycles. The molecule has 0 aliphatic heterocycles. The number of hydrogen-bond acceptors (Lipinski definition) is 3. The van der Waals surface area contributed by atoms with Gasteiger partial charge in [-0.05, 0) is 31.7 Å². The van der Waals surface area contributed by atoms with E-state index in [0.717, 1.165) is 16.0 Å². The van der Waals surface area contributed by atoms with E-state index in [0.29, 0.717) is 5.75 Å². The number of nitrogens with two attached hydrogens (primary N) is 1. The molecule has 1 atom stereocenters. The minimum atomic E-state index is -0.123. The van der Waals surface area contributed by atoms with Crippen LogP contribution in [0.25, 0.3) is 0 Å². The highest BCUT2D eigenvalue weighted by molar-refractivity contribution is 7.98. The number of hydrogen-bond donors (Lipinski definition) is 2. The van der Waals surface area contributed by atoms with Gasteiger partial charge in [0.2, 0.25) is 0 Å². The Labute approximate surface area is 83.1 Å². The van der Waals surface area contributed by atoms with E-state index >= 15 is 0 Å². The van der Waals surface area contributed by atoms with Crippen molar-refractivity contribution in [1.29, 1.82) is 0 Å². The first-order valence-electron chi connectivity index (χ1n) is 4.20. The van der Waals surface area contributed by atoms with Gasteiger partial charge in [0, 0.05) is 16.5 Å². The normalized spacial score (nSPS) is 12.9. The van der Waals surface area contributed by atoms with Crippen LogP contribution in [0.4, 0.5) is 0 Å². The Morgan fingerprint density at radius 1 is 1.46 bits per heavy atom. The van der Waals surface area contributed by atoms with Gasteiger partial charge < -0.3 is 10.8 Å². The van der Waals surface area contributed by atoms with Crippen LogP contribution >= 0.6 is 11.8 Å². The van der Waals surface area contributed by atoms with Crippen LogP contribution in [-0.4, -0.2) is 11.4 Å². The lowest BCUT2D eigenvalue weighted by atomic mass is 10.0. The van der Waals surface area contributed by atoms with Gasteiger partial charge in [0.15, 0.2) is 0 Å². The molecule has 0 saturated heterocycles. The van der Waals surface area contributed by atoms with Crippen LogP contribution in [0.15, 0.2) is 17.0 Å². The fourth-order valence-electron chi connectivity index (χ4n) is 1.32. The summed E-state index contributed by atoms with van der Waals surface area (Å²) in [5.41, 5.74) is 7.52. The molecule has 0 amide bonds.